The fourth-order valence-corrected chi connectivity index (χ4v) is 1.28. The molecule has 1 aromatic rings. The van der Waals surface area contributed by atoms with Crippen LogP contribution in [0.5, 0.6) is 0 Å². The van der Waals surface area contributed by atoms with Crippen LogP contribution in [-0.2, 0) is 4.79 Å². The predicted octanol–water partition coefficient (Wildman–Crippen LogP) is 1.26. The Bertz CT molecular complexity index is 352. The number of carbonyl (C=O) groups is 1. The first kappa shape index (κ1) is 10.7. The summed E-state index contributed by atoms with van der Waals surface area (Å²) in [5.41, 5.74) is 6.17. The molecule has 0 aliphatic heterocycles. The van der Waals surface area contributed by atoms with Crippen LogP contribution in [0.1, 0.15) is 17.0 Å². The van der Waals surface area contributed by atoms with Gasteiger partial charge in [-0.25, -0.2) is 4.39 Å². The van der Waals surface area contributed by atoms with E-state index < -0.39 is 17.7 Å². The Labute approximate surface area is 81.4 Å². The van der Waals surface area contributed by atoms with E-state index in [4.69, 9.17) is 10.8 Å². The maximum absolute atomic E-state index is 13.3. The summed E-state index contributed by atoms with van der Waals surface area (Å²) in [6.07, 6.45) is 0. The zero-order valence-electron chi connectivity index (χ0n) is 7.83. The van der Waals surface area contributed by atoms with Crippen LogP contribution in [0.4, 0.5) is 4.39 Å². The van der Waals surface area contributed by atoms with Crippen molar-refractivity contribution >= 4 is 5.97 Å². The largest absolute Gasteiger partial charge is 0.481 e. The van der Waals surface area contributed by atoms with Crippen molar-refractivity contribution in [3.63, 3.8) is 0 Å². The third-order valence-electron chi connectivity index (χ3n) is 2.07. The van der Waals surface area contributed by atoms with Crippen molar-refractivity contribution < 1.29 is 14.3 Å². The maximum atomic E-state index is 13.3. The summed E-state index contributed by atoms with van der Waals surface area (Å²) < 4.78 is 13.3. The number of aryl methyl sites for hydroxylation is 1. The third-order valence-corrected chi connectivity index (χ3v) is 2.07. The Morgan fingerprint density at radius 2 is 2.29 bits per heavy atom. The highest BCUT2D eigenvalue weighted by molar-refractivity contribution is 5.76. The first-order valence-corrected chi connectivity index (χ1v) is 4.25. The molecule has 0 saturated heterocycles. The van der Waals surface area contributed by atoms with Gasteiger partial charge in [-0.3, -0.25) is 4.79 Å². The minimum absolute atomic E-state index is 0.102. The van der Waals surface area contributed by atoms with Crippen LogP contribution in [0.25, 0.3) is 0 Å². The van der Waals surface area contributed by atoms with Crippen LogP contribution >= 0.6 is 0 Å². The average molecular weight is 197 g/mol. The normalized spacial score (nSPS) is 12.5. The fourth-order valence-electron chi connectivity index (χ4n) is 1.28. The van der Waals surface area contributed by atoms with Gasteiger partial charge in [-0.2, -0.15) is 0 Å². The van der Waals surface area contributed by atoms with Crippen LogP contribution in [-0.4, -0.2) is 17.6 Å². The lowest BCUT2D eigenvalue weighted by Gasteiger charge is -2.11. The molecule has 0 radical (unpaired) electrons. The van der Waals surface area contributed by atoms with Crippen LogP contribution in [0, 0.1) is 12.7 Å². The number of carboxylic acid groups (broad SMARTS) is 1. The molecule has 76 valence electrons. The molecule has 1 unspecified atom stereocenters. The van der Waals surface area contributed by atoms with E-state index in [0.717, 1.165) is 5.56 Å². The molecule has 0 aromatic heterocycles. The topological polar surface area (TPSA) is 63.3 Å². The highest BCUT2D eigenvalue weighted by atomic mass is 19.1. The van der Waals surface area contributed by atoms with Gasteiger partial charge < -0.3 is 10.8 Å². The molecule has 4 heteroatoms. The number of carboxylic acids is 1. The Hall–Kier alpha value is -1.42. The number of nitrogens with two attached hydrogens (primary N) is 1. The van der Waals surface area contributed by atoms with Gasteiger partial charge >= 0.3 is 5.97 Å². The molecule has 3 nitrogen and oxygen atoms in total. The van der Waals surface area contributed by atoms with Crippen molar-refractivity contribution in [1.29, 1.82) is 0 Å². The summed E-state index contributed by atoms with van der Waals surface area (Å²) in [5, 5.41) is 8.77. The summed E-state index contributed by atoms with van der Waals surface area (Å²) >= 11 is 0. The number of benzene rings is 1. The van der Waals surface area contributed by atoms with E-state index in [9.17, 15) is 9.18 Å². The van der Waals surface area contributed by atoms with Gasteiger partial charge in [0, 0.05) is 12.1 Å². The Morgan fingerprint density at radius 1 is 1.64 bits per heavy atom. The average Bonchev–Trinajstić information content (AvgIpc) is 2.09. The number of halogens is 1. The molecule has 1 atom stereocenters. The van der Waals surface area contributed by atoms with E-state index in [-0.39, 0.29) is 12.1 Å². The Morgan fingerprint density at radius 3 is 2.71 bits per heavy atom. The van der Waals surface area contributed by atoms with E-state index >= 15 is 0 Å². The molecule has 14 heavy (non-hydrogen) atoms. The second-order valence-electron chi connectivity index (χ2n) is 3.15. The van der Waals surface area contributed by atoms with E-state index in [1.165, 1.54) is 12.1 Å². The van der Waals surface area contributed by atoms with Crippen molar-refractivity contribution in [1.82, 2.24) is 0 Å². The van der Waals surface area contributed by atoms with Crippen LogP contribution < -0.4 is 5.73 Å². The summed E-state index contributed by atoms with van der Waals surface area (Å²) in [6.45, 7) is 1.64. The molecule has 1 aromatic carbocycles. The molecule has 0 bridgehead atoms. The molecule has 0 fully saturated rings. The number of aliphatic carboxylic acids is 1. The fraction of sp³-hybridized carbons (Fsp3) is 0.300. The molecule has 0 saturated carbocycles. The summed E-state index contributed by atoms with van der Waals surface area (Å²) in [5.74, 6) is -2.58. The SMILES string of the molecule is Cc1ccc(C(CN)C(=O)O)c(F)c1. The smallest absolute Gasteiger partial charge is 0.312 e. The monoisotopic (exact) mass is 197 g/mol. The zero-order valence-corrected chi connectivity index (χ0v) is 7.83. The molecule has 1 rings (SSSR count). The van der Waals surface area contributed by atoms with Crippen LogP contribution in [0.2, 0.25) is 0 Å². The maximum Gasteiger partial charge on any atom is 0.312 e. The Kier molecular flexibility index (Phi) is 3.19. The second-order valence-corrected chi connectivity index (χ2v) is 3.15. The lowest BCUT2D eigenvalue weighted by molar-refractivity contribution is -0.138. The van der Waals surface area contributed by atoms with Crippen molar-refractivity contribution in [2.24, 2.45) is 5.73 Å². The number of hydrogen-bond acceptors (Lipinski definition) is 2. The van der Waals surface area contributed by atoms with Crippen molar-refractivity contribution in [3.05, 3.63) is 35.1 Å². The Balaban J connectivity index is 3.10. The highest BCUT2D eigenvalue weighted by Crippen LogP contribution is 2.19. The quantitative estimate of drug-likeness (QED) is 0.766. The first-order valence-electron chi connectivity index (χ1n) is 4.25. The molecule has 0 heterocycles. The van der Waals surface area contributed by atoms with Gasteiger partial charge in [0.1, 0.15) is 5.82 Å². The number of hydrogen-bond donors (Lipinski definition) is 2. The predicted molar refractivity (Wildman–Crippen MR) is 50.6 cm³/mol. The zero-order chi connectivity index (χ0) is 10.7. The summed E-state index contributed by atoms with van der Waals surface area (Å²) in [7, 11) is 0. The summed E-state index contributed by atoms with van der Waals surface area (Å²) in [4.78, 5) is 10.7. The highest BCUT2D eigenvalue weighted by Gasteiger charge is 2.21. The van der Waals surface area contributed by atoms with Crippen molar-refractivity contribution in [2.75, 3.05) is 6.54 Å². The standard InChI is InChI=1S/C10H12FNO2/c1-6-2-3-7(9(11)4-6)8(5-12)10(13)14/h2-4,8H,5,12H2,1H3,(H,13,14). The molecule has 0 aliphatic carbocycles. The molecule has 3 N–H and O–H groups in total. The molecular formula is C10H12FNO2. The molecule has 0 spiro atoms. The minimum Gasteiger partial charge on any atom is -0.481 e. The lowest BCUT2D eigenvalue weighted by Crippen LogP contribution is -2.22. The van der Waals surface area contributed by atoms with Gasteiger partial charge in [-0.1, -0.05) is 12.1 Å². The third kappa shape index (κ3) is 2.09. The first-order chi connectivity index (χ1) is 6.56. The summed E-state index contributed by atoms with van der Waals surface area (Å²) in [6, 6.07) is 4.45. The van der Waals surface area contributed by atoms with Gasteiger partial charge in [0.05, 0.1) is 5.92 Å². The van der Waals surface area contributed by atoms with E-state index in [0.29, 0.717) is 0 Å². The lowest BCUT2D eigenvalue weighted by atomic mass is 9.98. The van der Waals surface area contributed by atoms with Crippen LogP contribution in [0.15, 0.2) is 18.2 Å². The van der Waals surface area contributed by atoms with E-state index in [2.05, 4.69) is 0 Å². The second kappa shape index (κ2) is 4.19. The van der Waals surface area contributed by atoms with E-state index in [1.54, 1.807) is 13.0 Å². The van der Waals surface area contributed by atoms with E-state index in [1.807, 2.05) is 0 Å². The van der Waals surface area contributed by atoms with Crippen LogP contribution in [0.3, 0.4) is 0 Å². The van der Waals surface area contributed by atoms with Gasteiger partial charge in [-0.05, 0) is 18.6 Å². The molecule has 0 aliphatic rings. The molecular weight excluding hydrogens is 185 g/mol. The number of rotatable bonds is 3. The van der Waals surface area contributed by atoms with Gasteiger partial charge in [0.25, 0.3) is 0 Å². The van der Waals surface area contributed by atoms with Gasteiger partial charge in [-0.15, -0.1) is 0 Å². The van der Waals surface area contributed by atoms with Crippen molar-refractivity contribution in [3.8, 4) is 0 Å². The minimum atomic E-state index is -1.10. The van der Waals surface area contributed by atoms with Crippen molar-refractivity contribution in [2.45, 2.75) is 12.8 Å². The van der Waals surface area contributed by atoms with Gasteiger partial charge in [0.15, 0.2) is 0 Å². The molecule has 0 amide bonds. The van der Waals surface area contributed by atoms with Gasteiger partial charge in [0.2, 0.25) is 0 Å².